The second-order valence-electron chi connectivity index (χ2n) is 5.20. The molecule has 0 aliphatic heterocycles. The van der Waals surface area contributed by atoms with E-state index in [9.17, 15) is 22.8 Å². The van der Waals surface area contributed by atoms with Crippen LogP contribution in [0.1, 0.15) is 12.5 Å². The number of alkyl halides is 3. The SMILES string of the molecule is CC(=O)N(CC(=O)Nc1ccc(Cl)cc1)c1ccc(C(F)(F)F)cc1. The van der Waals surface area contributed by atoms with Crippen LogP contribution in [0.15, 0.2) is 48.5 Å². The molecule has 0 bridgehead atoms. The minimum absolute atomic E-state index is 0.201. The fourth-order valence-electron chi connectivity index (χ4n) is 2.09. The number of carbonyl (C=O) groups is 2. The van der Waals surface area contributed by atoms with Crippen molar-refractivity contribution in [2.24, 2.45) is 0 Å². The number of hydrogen-bond donors (Lipinski definition) is 1. The summed E-state index contributed by atoms with van der Waals surface area (Å²) < 4.78 is 37.8. The van der Waals surface area contributed by atoms with Gasteiger partial charge in [-0.2, -0.15) is 13.2 Å². The lowest BCUT2D eigenvalue weighted by molar-refractivity contribution is -0.137. The molecule has 25 heavy (non-hydrogen) atoms. The third kappa shape index (κ3) is 5.22. The van der Waals surface area contributed by atoms with Gasteiger partial charge in [0.15, 0.2) is 0 Å². The van der Waals surface area contributed by atoms with Gasteiger partial charge in [0.25, 0.3) is 0 Å². The molecule has 4 nitrogen and oxygen atoms in total. The van der Waals surface area contributed by atoms with Crippen LogP contribution < -0.4 is 10.2 Å². The maximum absolute atomic E-state index is 12.6. The van der Waals surface area contributed by atoms with Crippen LogP contribution in [0.25, 0.3) is 0 Å². The van der Waals surface area contributed by atoms with Gasteiger partial charge in [-0.1, -0.05) is 11.6 Å². The predicted octanol–water partition coefficient (Wildman–Crippen LogP) is 4.35. The standard InChI is InChI=1S/C17H14ClF3N2O2/c1-11(24)23(15-8-2-12(3-9-15)17(19,20)21)10-16(25)22-14-6-4-13(18)5-7-14/h2-9H,10H2,1H3,(H,22,25). The number of nitrogens with zero attached hydrogens (tertiary/aromatic N) is 1. The number of hydrogen-bond acceptors (Lipinski definition) is 2. The van der Waals surface area contributed by atoms with Crippen molar-refractivity contribution in [3.8, 4) is 0 Å². The van der Waals surface area contributed by atoms with E-state index in [1.807, 2.05) is 0 Å². The Hall–Kier alpha value is -2.54. The highest BCUT2D eigenvalue weighted by Crippen LogP contribution is 2.30. The van der Waals surface area contributed by atoms with Crippen LogP contribution >= 0.6 is 11.6 Å². The molecule has 2 amide bonds. The highest BCUT2D eigenvalue weighted by Gasteiger charge is 2.30. The number of amides is 2. The van der Waals surface area contributed by atoms with Gasteiger partial charge in [-0.25, -0.2) is 0 Å². The lowest BCUT2D eigenvalue weighted by atomic mass is 10.2. The van der Waals surface area contributed by atoms with Gasteiger partial charge in [-0.3, -0.25) is 9.59 Å². The molecule has 0 saturated carbocycles. The van der Waals surface area contributed by atoms with E-state index in [1.165, 1.54) is 6.92 Å². The van der Waals surface area contributed by atoms with Gasteiger partial charge >= 0.3 is 6.18 Å². The molecule has 8 heteroatoms. The van der Waals surface area contributed by atoms with Gasteiger partial charge in [0.05, 0.1) is 5.56 Å². The zero-order valence-corrected chi connectivity index (χ0v) is 13.9. The fourth-order valence-corrected chi connectivity index (χ4v) is 2.22. The van der Waals surface area contributed by atoms with Gasteiger partial charge in [-0.05, 0) is 48.5 Å². The summed E-state index contributed by atoms with van der Waals surface area (Å²) in [4.78, 5) is 24.9. The first-order valence-corrected chi connectivity index (χ1v) is 7.55. The number of rotatable bonds is 4. The van der Waals surface area contributed by atoms with Crippen molar-refractivity contribution in [3.05, 3.63) is 59.1 Å². The maximum Gasteiger partial charge on any atom is 0.416 e. The number of carbonyl (C=O) groups excluding carboxylic acids is 2. The molecule has 0 unspecified atom stereocenters. The Morgan fingerprint density at radius 3 is 2.08 bits per heavy atom. The van der Waals surface area contributed by atoms with Crippen LogP contribution in [-0.4, -0.2) is 18.4 Å². The Bertz CT molecular complexity index is 759. The molecule has 2 rings (SSSR count). The van der Waals surface area contributed by atoms with E-state index in [4.69, 9.17) is 11.6 Å². The molecular formula is C17H14ClF3N2O2. The molecule has 0 atom stereocenters. The Kier molecular flexibility index (Phi) is 5.69. The van der Waals surface area contributed by atoms with E-state index in [-0.39, 0.29) is 12.2 Å². The lowest BCUT2D eigenvalue weighted by Crippen LogP contribution is -2.36. The molecule has 0 spiro atoms. The monoisotopic (exact) mass is 370 g/mol. The van der Waals surface area contributed by atoms with Gasteiger partial charge in [-0.15, -0.1) is 0 Å². The number of nitrogens with one attached hydrogen (secondary N) is 1. The molecule has 0 radical (unpaired) electrons. The van der Waals surface area contributed by atoms with Gasteiger partial charge < -0.3 is 10.2 Å². The van der Waals surface area contributed by atoms with E-state index in [0.29, 0.717) is 10.7 Å². The first-order chi connectivity index (χ1) is 11.7. The normalized spacial score (nSPS) is 11.1. The fraction of sp³-hybridized carbons (Fsp3) is 0.176. The van der Waals surface area contributed by atoms with Crippen LogP contribution in [0.2, 0.25) is 5.02 Å². The Morgan fingerprint density at radius 1 is 1.04 bits per heavy atom. The smallest absolute Gasteiger partial charge is 0.325 e. The van der Waals surface area contributed by atoms with Crippen LogP contribution in [0, 0.1) is 0 Å². The minimum Gasteiger partial charge on any atom is -0.325 e. The van der Waals surface area contributed by atoms with Crippen LogP contribution in [0.5, 0.6) is 0 Å². The molecule has 0 aliphatic rings. The van der Waals surface area contributed by atoms with Crippen molar-refractivity contribution < 1.29 is 22.8 Å². The predicted molar refractivity (Wildman–Crippen MR) is 89.6 cm³/mol. The first-order valence-electron chi connectivity index (χ1n) is 7.17. The number of benzene rings is 2. The summed E-state index contributed by atoms with van der Waals surface area (Å²) in [5, 5.41) is 3.10. The number of anilines is 2. The third-order valence-corrected chi connectivity index (χ3v) is 3.57. The topological polar surface area (TPSA) is 49.4 Å². The average molecular weight is 371 g/mol. The van der Waals surface area contributed by atoms with Crippen molar-refractivity contribution in [2.45, 2.75) is 13.1 Å². The summed E-state index contributed by atoms with van der Waals surface area (Å²) >= 11 is 5.75. The van der Waals surface area contributed by atoms with Crippen LogP contribution in [-0.2, 0) is 15.8 Å². The molecular weight excluding hydrogens is 357 g/mol. The molecule has 0 aliphatic carbocycles. The third-order valence-electron chi connectivity index (χ3n) is 3.32. The van der Waals surface area contributed by atoms with E-state index < -0.39 is 23.6 Å². The van der Waals surface area contributed by atoms with E-state index in [0.717, 1.165) is 29.2 Å². The lowest BCUT2D eigenvalue weighted by Gasteiger charge is -2.21. The quantitative estimate of drug-likeness (QED) is 0.869. The van der Waals surface area contributed by atoms with Crippen molar-refractivity contribution >= 4 is 34.8 Å². The highest BCUT2D eigenvalue weighted by atomic mass is 35.5. The zero-order valence-electron chi connectivity index (χ0n) is 13.1. The highest BCUT2D eigenvalue weighted by molar-refractivity contribution is 6.30. The Morgan fingerprint density at radius 2 is 1.60 bits per heavy atom. The summed E-state index contributed by atoms with van der Waals surface area (Å²) in [6.07, 6.45) is -4.47. The van der Waals surface area contributed by atoms with Crippen molar-refractivity contribution in [3.63, 3.8) is 0 Å². The van der Waals surface area contributed by atoms with Crippen LogP contribution in [0.3, 0.4) is 0 Å². The molecule has 0 fully saturated rings. The van der Waals surface area contributed by atoms with Crippen molar-refractivity contribution in [1.29, 1.82) is 0 Å². The molecule has 1 N–H and O–H groups in total. The first kappa shape index (κ1) is 18.8. The zero-order chi connectivity index (χ0) is 18.6. The Balaban J connectivity index is 2.11. The summed E-state index contributed by atoms with van der Waals surface area (Å²) in [7, 11) is 0. The summed E-state index contributed by atoms with van der Waals surface area (Å²) in [5.74, 6) is -0.955. The van der Waals surface area contributed by atoms with E-state index in [1.54, 1.807) is 24.3 Å². The Labute approximate surface area is 147 Å². The van der Waals surface area contributed by atoms with Gasteiger partial charge in [0.2, 0.25) is 11.8 Å². The van der Waals surface area contributed by atoms with Gasteiger partial charge in [0, 0.05) is 23.3 Å². The second kappa shape index (κ2) is 7.57. The molecule has 2 aromatic carbocycles. The molecule has 132 valence electrons. The second-order valence-corrected chi connectivity index (χ2v) is 5.64. The largest absolute Gasteiger partial charge is 0.416 e. The molecule has 2 aromatic rings. The summed E-state index contributed by atoms with van der Waals surface area (Å²) in [6, 6.07) is 10.4. The number of halogens is 4. The maximum atomic E-state index is 12.6. The summed E-state index contributed by atoms with van der Waals surface area (Å²) in [6.45, 7) is 0.899. The van der Waals surface area contributed by atoms with E-state index in [2.05, 4.69) is 5.32 Å². The molecule has 0 aromatic heterocycles. The average Bonchev–Trinajstić information content (AvgIpc) is 2.54. The van der Waals surface area contributed by atoms with Gasteiger partial charge in [0.1, 0.15) is 6.54 Å². The summed E-state index contributed by atoms with van der Waals surface area (Å²) in [5.41, 5.74) is -0.137. The minimum atomic E-state index is -4.47. The van der Waals surface area contributed by atoms with Crippen molar-refractivity contribution in [2.75, 3.05) is 16.8 Å². The van der Waals surface area contributed by atoms with Crippen molar-refractivity contribution in [1.82, 2.24) is 0 Å². The van der Waals surface area contributed by atoms with Crippen LogP contribution in [0.4, 0.5) is 24.5 Å². The van der Waals surface area contributed by atoms with E-state index >= 15 is 0 Å². The molecule has 0 saturated heterocycles. The molecule has 0 heterocycles.